The van der Waals surface area contributed by atoms with Crippen LogP contribution in [0.5, 0.6) is 0 Å². The van der Waals surface area contributed by atoms with Gasteiger partial charge in [0.15, 0.2) is 0 Å². The van der Waals surface area contributed by atoms with Gasteiger partial charge in [-0.3, -0.25) is 14.9 Å². The summed E-state index contributed by atoms with van der Waals surface area (Å²) in [6, 6.07) is 17.7. The number of carbonyl (C=O) groups excluding carboxylic acids is 2. The minimum Gasteiger partial charge on any atom is -0.481 e. The van der Waals surface area contributed by atoms with Crippen LogP contribution >= 0.6 is 0 Å². The van der Waals surface area contributed by atoms with Crippen LogP contribution in [-0.4, -0.2) is 47.7 Å². The Kier molecular flexibility index (Phi) is 7.50. The van der Waals surface area contributed by atoms with Gasteiger partial charge in [0.25, 0.3) is 5.91 Å². The number of unbranched alkanes of at least 4 members (excludes halogenated alkanes) is 1. The van der Waals surface area contributed by atoms with Gasteiger partial charge < -0.3 is 19.2 Å². The van der Waals surface area contributed by atoms with Crippen LogP contribution in [0.15, 0.2) is 65.3 Å². The molecule has 0 spiro atoms. The number of hydrogen-bond acceptors (Lipinski definition) is 5. The third-order valence-electron chi connectivity index (χ3n) is 6.18. The van der Waals surface area contributed by atoms with Crippen molar-refractivity contribution in [1.29, 1.82) is 0 Å². The number of carboxylic acid groups (broad SMARTS) is 1. The fourth-order valence-corrected chi connectivity index (χ4v) is 4.44. The molecule has 8 nitrogen and oxygen atoms in total. The first-order valence-electron chi connectivity index (χ1n) is 11.7. The van der Waals surface area contributed by atoms with Crippen molar-refractivity contribution in [3.8, 4) is 11.1 Å². The Balaban J connectivity index is 1.37. The second kappa shape index (κ2) is 10.9. The van der Waals surface area contributed by atoms with Gasteiger partial charge in [-0.15, -0.1) is 0 Å². The first kappa shape index (κ1) is 24.1. The molecule has 0 bridgehead atoms. The van der Waals surface area contributed by atoms with Crippen molar-refractivity contribution in [3.63, 3.8) is 0 Å². The Morgan fingerprint density at radius 1 is 1.00 bits per heavy atom. The number of amides is 2. The molecule has 0 saturated carbocycles. The second-order valence-electron chi connectivity index (χ2n) is 8.35. The minimum atomic E-state index is -0.861. The molecule has 1 aliphatic carbocycles. The summed E-state index contributed by atoms with van der Waals surface area (Å²) in [5.74, 6) is -1.29. The van der Waals surface area contributed by atoms with Crippen molar-refractivity contribution in [3.05, 3.63) is 77.7 Å². The van der Waals surface area contributed by atoms with E-state index in [0.717, 1.165) is 22.3 Å². The lowest BCUT2D eigenvalue weighted by molar-refractivity contribution is -0.137. The van der Waals surface area contributed by atoms with E-state index in [0.29, 0.717) is 25.9 Å². The Labute approximate surface area is 203 Å². The molecule has 0 radical (unpaired) electrons. The van der Waals surface area contributed by atoms with Gasteiger partial charge in [0.1, 0.15) is 6.61 Å². The number of anilines is 1. The Hall–Kier alpha value is -4.07. The van der Waals surface area contributed by atoms with Crippen LogP contribution in [0.25, 0.3) is 11.1 Å². The van der Waals surface area contributed by atoms with Crippen LogP contribution < -0.4 is 5.32 Å². The number of rotatable bonds is 10. The van der Waals surface area contributed by atoms with Gasteiger partial charge in [-0.25, -0.2) is 4.79 Å². The standard InChI is InChI=1S/C27H28N2O6/c1-2-29(15-8-7-13-24(30)31)26(32)25-23(14-16-34-25)28-27(33)35-17-22-20-11-5-3-9-18(20)19-10-4-6-12-21(19)22/h3-6,9-12,14,16,22H,2,7-8,13,15,17H2,1H3,(H,28,33)(H,30,31). The van der Waals surface area contributed by atoms with Crippen molar-refractivity contribution < 1.29 is 28.6 Å². The van der Waals surface area contributed by atoms with E-state index in [1.54, 1.807) is 4.90 Å². The van der Waals surface area contributed by atoms with Crippen LogP contribution in [0.4, 0.5) is 10.5 Å². The molecule has 1 heterocycles. The fourth-order valence-electron chi connectivity index (χ4n) is 4.44. The zero-order chi connectivity index (χ0) is 24.8. The van der Waals surface area contributed by atoms with E-state index >= 15 is 0 Å². The average Bonchev–Trinajstić information content (AvgIpc) is 3.44. The third kappa shape index (κ3) is 5.37. The van der Waals surface area contributed by atoms with Gasteiger partial charge in [0.2, 0.25) is 5.76 Å². The molecule has 2 N–H and O–H groups in total. The molecule has 35 heavy (non-hydrogen) atoms. The molecule has 0 atom stereocenters. The maximum absolute atomic E-state index is 12.9. The summed E-state index contributed by atoms with van der Waals surface area (Å²) in [4.78, 5) is 37.8. The van der Waals surface area contributed by atoms with Crippen molar-refractivity contribution in [1.82, 2.24) is 4.90 Å². The highest BCUT2D eigenvalue weighted by atomic mass is 16.5. The number of furan rings is 1. The van der Waals surface area contributed by atoms with E-state index in [1.165, 1.54) is 12.3 Å². The number of carbonyl (C=O) groups is 3. The Morgan fingerprint density at radius 2 is 1.66 bits per heavy atom. The molecule has 0 saturated heterocycles. The number of benzene rings is 2. The smallest absolute Gasteiger partial charge is 0.411 e. The summed E-state index contributed by atoms with van der Waals surface area (Å²) in [7, 11) is 0. The van der Waals surface area contributed by atoms with Gasteiger partial charge in [-0.05, 0) is 42.0 Å². The van der Waals surface area contributed by atoms with Crippen molar-refractivity contribution in [2.45, 2.75) is 32.1 Å². The highest BCUT2D eigenvalue weighted by Gasteiger charge is 2.29. The van der Waals surface area contributed by atoms with E-state index < -0.39 is 12.1 Å². The average molecular weight is 477 g/mol. The monoisotopic (exact) mass is 476 g/mol. The summed E-state index contributed by atoms with van der Waals surface area (Å²) in [6.45, 7) is 2.81. The molecule has 182 valence electrons. The zero-order valence-electron chi connectivity index (χ0n) is 19.5. The van der Waals surface area contributed by atoms with E-state index in [9.17, 15) is 14.4 Å². The number of hydrogen-bond donors (Lipinski definition) is 2. The zero-order valence-corrected chi connectivity index (χ0v) is 19.5. The highest BCUT2D eigenvalue weighted by Crippen LogP contribution is 2.44. The minimum absolute atomic E-state index is 0.0126. The van der Waals surface area contributed by atoms with Crippen LogP contribution in [0.3, 0.4) is 0 Å². The van der Waals surface area contributed by atoms with Crippen LogP contribution in [0.2, 0.25) is 0 Å². The first-order valence-corrected chi connectivity index (χ1v) is 11.7. The summed E-state index contributed by atoms with van der Waals surface area (Å²) < 4.78 is 10.9. The number of carboxylic acids is 1. The Bertz CT molecular complexity index is 1170. The van der Waals surface area contributed by atoms with Gasteiger partial charge in [0, 0.05) is 31.5 Å². The molecule has 2 amide bonds. The number of ether oxygens (including phenoxy) is 1. The van der Waals surface area contributed by atoms with E-state index in [2.05, 4.69) is 17.4 Å². The molecule has 0 unspecified atom stereocenters. The van der Waals surface area contributed by atoms with Gasteiger partial charge in [-0.2, -0.15) is 0 Å². The molecular weight excluding hydrogens is 448 g/mol. The molecule has 0 fully saturated rings. The lowest BCUT2D eigenvalue weighted by Gasteiger charge is -2.20. The number of aliphatic carboxylic acids is 1. The molecular formula is C27H28N2O6. The normalized spacial score (nSPS) is 12.0. The molecule has 3 aromatic rings. The summed E-state index contributed by atoms with van der Waals surface area (Å²) >= 11 is 0. The molecule has 1 aliphatic rings. The SMILES string of the molecule is CCN(CCCCC(=O)O)C(=O)c1occc1NC(=O)OCC1c2ccccc2-c2ccccc21. The van der Waals surface area contributed by atoms with Gasteiger partial charge >= 0.3 is 12.1 Å². The lowest BCUT2D eigenvalue weighted by atomic mass is 9.98. The van der Waals surface area contributed by atoms with Crippen molar-refractivity contribution in [2.75, 3.05) is 25.0 Å². The maximum Gasteiger partial charge on any atom is 0.411 e. The summed E-state index contributed by atoms with van der Waals surface area (Å²) in [5.41, 5.74) is 4.74. The quantitative estimate of drug-likeness (QED) is 0.382. The van der Waals surface area contributed by atoms with E-state index in [1.807, 2.05) is 43.3 Å². The lowest BCUT2D eigenvalue weighted by Crippen LogP contribution is -2.32. The number of nitrogens with one attached hydrogen (secondary N) is 1. The topological polar surface area (TPSA) is 109 Å². The predicted octanol–water partition coefficient (Wildman–Crippen LogP) is 5.36. The molecule has 2 aromatic carbocycles. The summed E-state index contributed by atoms with van der Waals surface area (Å²) in [6.07, 6.45) is 1.75. The van der Waals surface area contributed by atoms with Crippen LogP contribution in [0.1, 0.15) is 53.8 Å². The number of nitrogens with zero attached hydrogens (tertiary/aromatic N) is 1. The fraction of sp³-hybridized carbons (Fsp3) is 0.296. The summed E-state index contributed by atoms with van der Waals surface area (Å²) in [5, 5.41) is 11.4. The van der Waals surface area contributed by atoms with Crippen LogP contribution in [-0.2, 0) is 9.53 Å². The van der Waals surface area contributed by atoms with Gasteiger partial charge in [-0.1, -0.05) is 48.5 Å². The molecule has 8 heteroatoms. The highest BCUT2D eigenvalue weighted by molar-refractivity contribution is 6.00. The second-order valence-corrected chi connectivity index (χ2v) is 8.35. The predicted molar refractivity (Wildman–Crippen MR) is 130 cm³/mol. The molecule has 1 aromatic heterocycles. The van der Waals surface area contributed by atoms with E-state index in [-0.39, 0.29) is 36.3 Å². The third-order valence-corrected chi connectivity index (χ3v) is 6.18. The van der Waals surface area contributed by atoms with Gasteiger partial charge in [0.05, 0.1) is 12.0 Å². The van der Waals surface area contributed by atoms with E-state index in [4.69, 9.17) is 14.3 Å². The van der Waals surface area contributed by atoms with Crippen molar-refractivity contribution >= 4 is 23.7 Å². The number of fused-ring (bicyclic) bond motifs is 3. The first-order chi connectivity index (χ1) is 17.0. The van der Waals surface area contributed by atoms with Crippen LogP contribution in [0, 0.1) is 0 Å². The molecule has 0 aliphatic heterocycles. The maximum atomic E-state index is 12.9. The Morgan fingerprint density at radius 3 is 2.29 bits per heavy atom. The van der Waals surface area contributed by atoms with Crippen molar-refractivity contribution in [2.24, 2.45) is 0 Å². The molecule has 4 rings (SSSR count). The largest absolute Gasteiger partial charge is 0.481 e.